The lowest BCUT2D eigenvalue weighted by Crippen LogP contribution is -2.24. The van der Waals surface area contributed by atoms with Gasteiger partial charge in [-0.1, -0.05) is 0 Å². The number of hydrogen-bond donors (Lipinski definition) is 1. The van der Waals surface area contributed by atoms with Gasteiger partial charge in [-0.05, 0) is 37.7 Å². The van der Waals surface area contributed by atoms with Crippen LogP contribution in [0.5, 0.6) is 0 Å². The first-order chi connectivity index (χ1) is 7.75. The maximum absolute atomic E-state index is 6.10. The van der Waals surface area contributed by atoms with Gasteiger partial charge in [-0.2, -0.15) is 5.10 Å². The fourth-order valence-corrected chi connectivity index (χ4v) is 2.34. The van der Waals surface area contributed by atoms with Crippen molar-refractivity contribution in [2.45, 2.75) is 43.7 Å². The molecule has 0 bridgehead atoms. The van der Waals surface area contributed by atoms with Crippen LogP contribution in [0.15, 0.2) is 12.4 Å². The van der Waals surface area contributed by atoms with E-state index in [0.29, 0.717) is 6.04 Å². The summed E-state index contributed by atoms with van der Waals surface area (Å²) in [7, 11) is 0. The Bertz CT molecular complexity index is 364. The van der Waals surface area contributed by atoms with Crippen molar-refractivity contribution in [2.24, 2.45) is 5.73 Å². The van der Waals surface area contributed by atoms with E-state index in [4.69, 9.17) is 10.5 Å². The monoisotopic (exact) mass is 221 g/mol. The molecule has 1 saturated carbocycles. The van der Waals surface area contributed by atoms with E-state index >= 15 is 0 Å². The van der Waals surface area contributed by atoms with Crippen molar-refractivity contribution in [3.8, 4) is 0 Å². The predicted octanol–water partition coefficient (Wildman–Crippen LogP) is 1.27. The molecule has 3 rings (SSSR count). The van der Waals surface area contributed by atoms with Crippen molar-refractivity contribution in [1.82, 2.24) is 9.78 Å². The molecule has 0 radical (unpaired) electrons. The zero-order valence-corrected chi connectivity index (χ0v) is 9.56. The highest BCUT2D eigenvalue weighted by Gasteiger charge is 2.38. The Kier molecular flexibility index (Phi) is 2.48. The third-order valence-corrected chi connectivity index (χ3v) is 3.61. The zero-order chi connectivity index (χ0) is 11.0. The van der Waals surface area contributed by atoms with Crippen LogP contribution in [0.3, 0.4) is 0 Å². The first-order valence-corrected chi connectivity index (χ1v) is 6.15. The van der Waals surface area contributed by atoms with Crippen LogP contribution < -0.4 is 5.73 Å². The van der Waals surface area contributed by atoms with Crippen molar-refractivity contribution in [2.75, 3.05) is 13.2 Å². The fraction of sp³-hybridized carbons (Fsp3) is 0.750. The zero-order valence-electron chi connectivity index (χ0n) is 9.56. The molecule has 1 unspecified atom stereocenters. The van der Waals surface area contributed by atoms with E-state index in [0.717, 1.165) is 38.9 Å². The van der Waals surface area contributed by atoms with E-state index in [9.17, 15) is 0 Å². The van der Waals surface area contributed by atoms with Crippen LogP contribution in [-0.4, -0.2) is 28.5 Å². The van der Waals surface area contributed by atoms with Gasteiger partial charge in [-0.3, -0.25) is 4.68 Å². The average Bonchev–Trinajstić information content (AvgIpc) is 2.86. The molecule has 1 aliphatic carbocycles. The third kappa shape index (κ3) is 2.13. The smallest absolute Gasteiger partial charge is 0.0753 e. The van der Waals surface area contributed by atoms with Crippen LogP contribution in [-0.2, 0) is 11.2 Å². The van der Waals surface area contributed by atoms with E-state index in [1.807, 2.05) is 6.20 Å². The summed E-state index contributed by atoms with van der Waals surface area (Å²) in [4.78, 5) is 0. The molecule has 1 saturated heterocycles. The van der Waals surface area contributed by atoms with Crippen molar-refractivity contribution < 1.29 is 4.74 Å². The first-order valence-electron chi connectivity index (χ1n) is 6.15. The summed E-state index contributed by atoms with van der Waals surface area (Å²) in [5.41, 5.74) is 7.45. The molecule has 1 atom stereocenters. The Morgan fingerprint density at radius 2 is 2.44 bits per heavy atom. The first kappa shape index (κ1) is 10.3. The summed E-state index contributed by atoms with van der Waals surface area (Å²) in [5.74, 6) is 0. The quantitative estimate of drug-likeness (QED) is 0.836. The van der Waals surface area contributed by atoms with Crippen LogP contribution in [0, 0.1) is 0 Å². The van der Waals surface area contributed by atoms with Crippen LogP contribution in [0.4, 0.5) is 0 Å². The second-order valence-corrected chi connectivity index (χ2v) is 5.24. The number of hydrogen-bond acceptors (Lipinski definition) is 3. The van der Waals surface area contributed by atoms with Gasteiger partial charge in [-0.25, -0.2) is 0 Å². The van der Waals surface area contributed by atoms with Gasteiger partial charge < -0.3 is 10.5 Å². The maximum Gasteiger partial charge on any atom is 0.0753 e. The fourth-order valence-electron chi connectivity index (χ4n) is 2.34. The van der Waals surface area contributed by atoms with Crippen molar-refractivity contribution >= 4 is 0 Å². The number of aromatic nitrogens is 2. The number of nitrogens with zero attached hydrogens (tertiary/aromatic N) is 2. The molecular formula is C12H19N3O. The van der Waals surface area contributed by atoms with Crippen LogP contribution in [0.2, 0.25) is 0 Å². The van der Waals surface area contributed by atoms with Gasteiger partial charge in [0.05, 0.1) is 18.8 Å². The van der Waals surface area contributed by atoms with Gasteiger partial charge in [0.2, 0.25) is 0 Å². The highest BCUT2D eigenvalue weighted by Crippen LogP contribution is 2.35. The molecule has 16 heavy (non-hydrogen) atoms. The summed E-state index contributed by atoms with van der Waals surface area (Å²) < 4.78 is 7.53. The van der Waals surface area contributed by atoms with Gasteiger partial charge in [0, 0.05) is 18.3 Å². The van der Waals surface area contributed by atoms with Crippen molar-refractivity contribution in [1.29, 1.82) is 0 Å². The lowest BCUT2D eigenvalue weighted by molar-refractivity contribution is 0.0549. The molecule has 0 spiro atoms. The largest absolute Gasteiger partial charge is 0.379 e. The molecule has 1 aromatic rings. The Labute approximate surface area is 95.8 Å². The third-order valence-electron chi connectivity index (χ3n) is 3.61. The lowest BCUT2D eigenvalue weighted by Gasteiger charge is -2.22. The van der Waals surface area contributed by atoms with E-state index < -0.39 is 0 Å². The molecule has 4 heteroatoms. The highest BCUT2D eigenvalue weighted by atomic mass is 16.5. The van der Waals surface area contributed by atoms with Gasteiger partial charge in [0.25, 0.3) is 0 Å². The minimum Gasteiger partial charge on any atom is -0.379 e. The molecule has 0 amide bonds. The number of rotatable bonds is 3. The second kappa shape index (κ2) is 3.86. The van der Waals surface area contributed by atoms with Gasteiger partial charge >= 0.3 is 0 Å². The average molecular weight is 221 g/mol. The number of nitrogens with two attached hydrogens (primary N) is 1. The topological polar surface area (TPSA) is 53.1 Å². The summed E-state index contributed by atoms with van der Waals surface area (Å²) in [6, 6.07) is 0.426. The van der Waals surface area contributed by atoms with E-state index in [-0.39, 0.29) is 5.54 Å². The molecule has 4 nitrogen and oxygen atoms in total. The van der Waals surface area contributed by atoms with Gasteiger partial charge in [0.1, 0.15) is 0 Å². The van der Waals surface area contributed by atoms with Crippen molar-refractivity contribution in [3.63, 3.8) is 0 Å². The van der Waals surface area contributed by atoms with E-state index in [1.54, 1.807) is 0 Å². The highest BCUT2D eigenvalue weighted by molar-refractivity contribution is 5.15. The van der Waals surface area contributed by atoms with Crippen LogP contribution >= 0.6 is 0 Å². The molecule has 2 aliphatic rings. The molecular weight excluding hydrogens is 202 g/mol. The van der Waals surface area contributed by atoms with E-state index in [1.165, 1.54) is 12.0 Å². The minimum atomic E-state index is 0.0803. The van der Waals surface area contributed by atoms with Gasteiger partial charge in [0.15, 0.2) is 0 Å². The summed E-state index contributed by atoms with van der Waals surface area (Å²) >= 11 is 0. The molecule has 2 N–H and O–H groups in total. The SMILES string of the molecule is NC1(Cc2cnn(C3CCCOC3)c2)CC1. The van der Waals surface area contributed by atoms with Crippen LogP contribution in [0.1, 0.15) is 37.3 Å². The molecule has 2 fully saturated rings. The van der Waals surface area contributed by atoms with Crippen molar-refractivity contribution in [3.05, 3.63) is 18.0 Å². The molecule has 88 valence electrons. The van der Waals surface area contributed by atoms with E-state index in [2.05, 4.69) is 16.0 Å². The van der Waals surface area contributed by atoms with Gasteiger partial charge in [-0.15, -0.1) is 0 Å². The summed E-state index contributed by atoms with van der Waals surface area (Å²) in [6.45, 7) is 1.70. The standard InChI is InChI=1S/C12H19N3O/c13-12(3-4-12)6-10-7-14-15(8-10)11-2-1-5-16-9-11/h7-8,11H,1-6,9,13H2. The molecule has 2 heterocycles. The second-order valence-electron chi connectivity index (χ2n) is 5.24. The Balaban J connectivity index is 1.66. The molecule has 1 aliphatic heterocycles. The maximum atomic E-state index is 6.10. The Hall–Kier alpha value is -0.870. The Morgan fingerprint density at radius 3 is 3.12 bits per heavy atom. The summed E-state index contributed by atoms with van der Waals surface area (Å²) in [6.07, 6.45) is 9.71. The van der Waals surface area contributed by atoms with Crippen LogP contribution in [0.25, 0.3) is 0 Å². The predicted molar refractivity (Wildman–Crippen MR) is 61.2 cm³/mol. The molecule has 1 aromatic heterocycles. The normalized spacial score (nSPS) is 27.9. The molecule has 0 aromatic carbocycles. The minimum absolute atomic E-state index is 0.0803. The lowest BCUT2D eigenvalue weighted by atomic mass is 10.1. The summed E-state index contributed by atoms with van der Waals surface area (Å²) in [5, 5.41) is 4.43. The number of ether oxygens (including phenoxy) is 1. The Morgan fingerprint density at radius 1 is 1.56 bits per heavy atom.